The molecule has 0 saturated heterocycles. The van der Waals surface area contributed by atoms with Crippen LogP contribution < -0.4 is 11.1 Å². The second-order valence-corrected chi connectivity index (χ2v) is 6.16. The molecule has 1 fully saturated rings. The molecule has 1 amide bonds. The number of amides is 1. The summed E-state index contributed by atoms with van der Waals surface area (Å²) in [6, 6.07) is 7.40. The van der Waals surface area contributed by atoms with Crippen molar-refractivity contribution in [1.82, 2.24) is 15.1 Å². The van der Waals surface area contributed by atoms with Crippen molar-refractivity contribution in [3.05, 3.63) is 41.0 Å². The average Bonchev–Trinajstić information content (AvgIpc) is 3.28. The summed E-state index contributed by atoms with van der Waals surface area (Å²) in [6.45, 7) is 0.486. The monoisotopic (exact) mass is 354 g/mol. The van der Waals surface area contributed by atoms with Gasteiger partial charge in [0.25, 0.3) is 5.91 Å². The predicted octanol–water partition coefficient (Wildman–Crippen LogP) is 2.63. The number of rotatable bonds is 5. The van der Waals surface area contributed by atoms with Gasteiger partial charge in [-0.3, -0.25) is 9.48 Å². The molecule has 1 unspecified atom stereocenters. The second-order valence-electron chi connectivity index (χ2n) is 5.76. The van der Waals surface area contributed by atoms with Crippen LogP contribution in [0.15, 0.2) is 30.5 Å². The lowest BCUT2D eigenvalue weighted by Crippen LogP contribution is -2.38. The van der Waals surface area contributed by atoms with Crippen molar-refractivity contribution in [3.63, 3.8) is 0 Å². The van der Waals surface area contributed by atoms with E-state index in [-0.39, 0.29) is 24.4 Å². The molecule has 0 radical (unpaired) electrons. The minimum Gasteiger partial charge on any atom is -0.350 e. The van der Waals surface area contributed by atoms with Crippen molar-refractivity contribution >= 4 is 29.9 Å². The first-order chi connectivity index (χ1) is 10.6. The molecule has 3 rings (SSSR count). The van der Waals surface area contributed by atoms with E-state index >= 15 is 0 Å². The number of nitrogens with two attached hydrogens (primary N) is 1. The van der Waals surface area contributed by atoms with Crippen molar-refractivity contribution in [2.24, 2.45) is 18.7 Å². The highest BCUT2D eigenvalue weighted by atomic mass is 35.5. The number of hydrogen-bond donors (Lipinski definition) is 2. The number of carbonyl (C=O) groups excluding carboxylic acids is 1. The van der Waals surface area contributed by atoms with Crippen molar-refractivity contribution in [2.45, 2.75) is 18.9 Å². The lowest BCUT2D eigenvalue weighted by molar-refractivity contribution is 0.0951. The Balaban J connectivity index is 0.00000192. The number of hydrogen-bond acceptors (Lipinski definition) is 3. The van der Waals surface area contributed by atoms with Crippen LogP contribution in [0.3, 0.4) is 0 Å². The molecule has 1 aliphatic carbocycles. The SMILES string of the molecule is Cl.Cn1cc(C(=O)NCC(N)C2CC2)c(-c2ccccc2Cl)n1. The Bertz CT molecular complexity index is 697. The summed E-state index contributed by atoms with van der Waals surface area (Å²) in [6.07, 6.45) is 4.03. The summed E-state index contributed by atoms with van der Waals surface area (Å²) in [7, 11) is 1.78. The van der Waals surface area contributed by atoms with E-state index in [1.54, 1.807) is 24.0 Å². The zero-order valence-corrected chi connectivity index (χ0v) is 14.4. The third kappa shape index (κ3) is 4.05. The van der Waals surface area contributed by atoms with E-state index in [9.17, 15) is 4.79 Å². The van der Waals surface area contributed by atoms with E-state index in [2.05, 4.69) is 10.4 Å². The molecule has 1 aromatic heterocycles. The van der Waals surface area contributed by atoms with Gasteiger partial charge in [-0.1, -0.05) is 29.8 Å². The molecule has 1 heterocycles. The smallest absolute Gasteiger partial charge is 0.255 e. The van der Waals surface area contributed by atoms with Crippen LogP contribution in [0.25, 0.3) is 11.3 Å². The average molecular weight is 355 g/mol. The zero-order chi connectivity index (χ0) is 15.7. The molecule has 1 atom stereocenters. The fourth-order valence-corrected chi connectivity index (χ4v) is 2.73. The van der Waals surface area contributed by atoms with Crippen molar-refractivity contribution < 1.29 is 4.79 Å². The van der Waals surface area contributed by atoms with E-state index in [1.165, 1.54) is 0 Å². The Morgan fingerprint density at radius 2 is 2.17 bits per heavy atom. The molecule has 1 aliphatic rings. The van der Waals surface area contributed by atoms with Crippen LogP contribution in [0.2, 0.25) is 5.02 Å². The highest BCUT2D eigenvalue weighted by molar-refractivity contribution is 6.33. The lowest BCUT2D eigenvalue weighted by atomic mass is 10.1. The van der Waals surface area contributed by atoms with Crippen LogP contribution in [0.1, 0.15) is 23.2 Å². The van der Waals surface area contributed by atoms with Gasteiger partial charge in [0, 0.05) is 31.4 Å². The van der Waals surface area contributed by atoms with Crippen molar-refractivity contribution in [1.29, 1.82) is 0 Å². The van der Waals surface area contributed by atoms with E-state index in [0.29, 0.717) is 28.7 Å². The fourth-order valence-electron chi connectivity index (χ4n) is 2.50. The molecule has 0 spiro atoms. The van der Waals surface area contributed by atoms with Gasteiger partial charge < -0.3 is 11.1 Å². The summed E-state index contributed by atoms with van der Waals surface area (Å²) in [4.78, 5) is 12.4. The lowest BCUT2D eigenvalue weighted by Gasteiger charge is -2.11. The van der Waals surface area contributed by atoms with Gasteiger partial charge in [-0.2, -0.15) is 5.10 Å². The minimum absolute atomic E-state index is 0. The maximum absolute atomic E-state index is 12.4. The van der Waals surface area contributed by atoms with Gasteiger partial charge in [-0.15, -0.1) is 12.4 Å². The van der Waals surface area contributed by atoms with Crippen molar-refractivity contribution in [3.8, 4) is 11.3 Å². The first-order valence-corrected chi connectivity index (χ1v) is 7.76. The Morgan fingerprint density at radius 3 is 2.83 bits per heavy atom. The number of halogens is 2. The second kappa shape index (κ2) is 7.34. The van der Waals surface area contributed by atoms with Gasteiger partial charge in [0.05, 0.1) is 10.6 Å². The van der Waals surface area contributed by atoms with Gasteiger partial charge in [0.2, 0.25) is 0 Å². The number of aryl methyl sites for hydroxylation is 1. The van der Waals surface area contributed by atoms with Crippen LogP contribution in [-0.4, -0.2) is 28.3 Å². The highest BCUT2D eigenvalue weighted by Crippen LogP contribution is 2.31. The van der Waals surface area contributed by atoms with Crippen LogP contribution in [0, 0.1) is 5.92 Å². The van der Waals surface area contributed by atoms with Crippen LogP contribution >= 0.6 is 24.0 Å². The summed E-state index contributed by atoms with van der Waals surface area (Å²) >= 11 is 6.22. The summed E-state index contributed by atoms with van der Waals surface area (Å²) in [5.74, 6) is 0.386. The van der Waals surface area contributed by atoms with Crippen LogP contribution in [0.5, 0.6) is 0 Å². The van der Waals surface area contributed by atoms with Gasteiger partial charge in [-0.05, 0) is 24.8 Å². The first kappa shape index (κ1) is 17.8. The molecule has 124 valence electrons. The summed E-state index contributed by atoms with van der Waals surface area (Å²) < 4.78 is 1.62. The fraction of sp³-hybridized carbons (Fsp3) is 0.375. The van der Waals surface area contributed by atoms with Crippen molar-refractivity contribution in [2.75, 3.05) is 6.54 Å². The molecule has 7 heteroatoms. The standard InChI is InChI=1S/C16H19ClN4O.ClH/c1-21-9-12(16(22)19-8-14(18)10-6-7-10)15(20-21)11-4-2-3-5-13(11)17;/h2-5,9-10,14H,6-8,18H2,1H3,(H,19,22);1H. The number of nitrogens with one attached hydrogen (secondary N) is 1. The van der Waals surface area contributed by atoms with Gasteiger partial charge in [-0.25, -0.2) is 0 Å². The van der Waals surface area contributed by atoms with Gasteiger partial charge in [0.15, 0.2) is 0 Å². The largest absolute Gasteiger partial charge is 0.350 e. The molecule has 1 saturated carbocycles. The molecule has 0 bridgehead atoms. The normalized spacial score (nSPS) is 14.9. The third-order valence-electron chi connectivity index (χ3n) is 3.93. The molecule has 5 nitrogen and oxygen atoms in total. The Morgan fingerprint density at radius 1 is 1.48 bits per heavy atom. The number of nitrogens with zero attached hydrogens (tertiary/aromatic N) is 2. The summed E-state index contributed by atoms with van der Waals surface area (Å²) in [5.41, 5.74) is 7.88. The number of carbonyl (C=O) groups is 1. The molecular weight excluding hydrogens is 335 g/mol. The van der Waals surface area contributed by atoms with Crippen LogP contribution in [-0.2, 0) is 7.05 Å². The van der Waals surface area contributed by atoms with Gasteiger partial charge in [0.1, 0.15) is 5.69 Å². The topological polar surface area (TPSA) is 72.9 Å². The Kier molecular flexibility index (Phi) is 5.68. The zero-order valence-electron chi connectivity index (χ0n) is 12.8. The predicted molar refractivity (Wildman–Crippen MR) is 93.9 cm³/mol. The molecular formula is C16H20Cl2N4O. The molecule has 1 aromatic carbocycles. The third-order valence-corrected chi connectivity index (χ3v) is 4.26. The maximum atomic E-state index is 12.4. The van der Waals surface area contributed by atoms with E-state index in [1.807, 2.05) is 18.2 Å². The Hall–Kier alpha value is -1.56. The molecule has 0 aliphatic heterocycles. The highest BCUT2D eigenvalue weighted by Gasteiger charge is 2.29. The Labute approximate surface area is 146 Å². The molecule has 23 heavy (non-hydrogen) atoms. The summed E-state index contributed by atoms with van der Waals surface area (Å²) in [5, 5.41) is 7.85. The number of benzene rings is 1. The maximum Gasteiger partial charge on any atom is 0.255 e. The molecule has 2 aromatic rings. The van der Waals surface area contributed by atoms with E-state index in [4.69, 9.17) is 17.3 Å². The molecule has 3 N–H and O–H groups in total. The minimum atomic E-state index is -0.167. The van der Waals surface area contributed by atoms with E-state index in [0.717, 1.165) is 18.4 Å². The van der Waals surface area contributed by atoms with E-state index < -0.39 is 0 Å². The first-order valence-electron chi connectivity index (χ1n) is 7.38. The number of aromatic nitrogens is 2. The quantitative estimate of drug-likeness (QED) is 0.866. The van der Waals surface area contributed by atoms with Gasteiger partial charge >= 0.3 is 0 Å². The van der Waals surface area contributed by atoms with Crippen LogP contribution in [0.4, 0.5) is 0 Å².